The van der Waals surface area contributed by atoms with Crippen molar-refractivity contribution < 1.29 is 4.79 Å². The second-order valence-corrected chi connectivity index (χ2v) is 6.53. The van der Waals surface area contributed by atoms with Crippen molar-refractivity contribution in [1.82, 2.24) is 24.7 Å². The Hall–Kier alpha value is -2.57. The van der Waals surface area contributed by atoms with Gasteiger partial charge in [-0.15, -0.1) is 0 Å². The van der Waals surface area contributed by atoms with E-state index in [9.17, 15) is 4.79 Å². The van der Waals surface area contributed by atoms with Crippen LogP contribution >= 0.6 is 0 Å². The fourth-order valence-corrected chi connectivity index (χ4v) is 3.39. The van der Waals surface area contributed by atoms with Crippen LogP contribution in [0.1, 0.15) is 19.7 Å². The Kier molecular flexibility index (Phi) is 5.75. The van der Waals surface area contributed by atoms with Crippen LogP contribution in [0.4, 0.5) is 0 Å². The molecule has 0 saturated carbocycles. The maximum absolute atomic E-state index is 11.5. The van der Waals surface area contributed by atoms with Gasteiger partial charge in [0.1, 0.15) is 5.82 Å². The van der Waals surface area contributed by atoms with Gasteiger partial charge < -0.3 is 19.7 Å². The maximum atomic E-state index is 11.5. The van der Waals surface area contributed by atoms with Crippen molar-refractivity contribution in [2.24, 2.45) is 4.99 Å². The number of carbonyl (C=O) groups excluding carboxylic acids is 1. The maximum Gasteiger partial charge on any atom is 0.219 e. The number of piperazine rings is 1. The Labute approximate surface area is 154 Å². The molecule has 26 heavy (non-hydrogen) atoms. The topological polar surface area (TPSA) is 65.8 Å². The highest BCUT2D eigenvalue weighted by atomic mass is 16.2. The Morgan fingerprint density at radius 1 is 1.19 bits per heavy atom. The van der Waals surface area contributed by atoms with Crippen LogP contribution < -0.4 is 5.32 Å². The van der Waals surface area contributed by atoms with E-state index in [2.05, 4.69) is 32.8 Å². The molecular weight excluding hydrogens is 328 g/mol. The number of rotatable bonds is 4. The highest BCUT2D eigenvalue weighted by Crippen LogP contribution is 2.15. The van der Waals surface area contributed by atoms with Crippen LogP contribution in [0, 0.1) is 6.92 Å². The molecule has 3 rings (SSSR count). The first-order chi connectivity index (χ1) is 12.6. The summed E-state index contributed by atoms with van der Waals surface area (Å²) in [5, 5.41) is 3.38. The van der Waals surface area contributed by atoms with Gasteiger partial charge in [0.25, 0.3) is 0 Å². The second-order valence-electron chi connectivity index (χ2n) is 6.53. The summed E-state index contributed by atoms with van der Waals surface area (Å²) in [5.41, 5.74) is 2.18. The number of carbonyl (C=O) groups is 1. The number of nitrogens with one attached hydrogen (secondary N) is 1. The number of hydrogen-bond acceptors (Lipinski definition) is 3. The second kappa shape index (κ2) is 8.21. The van der Waals surface area contributed by atoms with Crippen molar-refractivity contribution in [2.75, 3.05) is 39.3 Å². The summed E-state index contributed by atoms with van der Waals surface area (Å²) >= 11 is 0. The zero-order valence-electron chi connectivity index (χ0n) is 15.9. The lowest BCUT2D eigenvalue weighted by molar-refractivity contribution is -0.130. The Morgan fingerprint density at radius 3 is 2.58 bits per heavy atom. The van der Waals surface area contributed by atoms with Crippen molar-refractivity contribution in [3.05, 3.63) is 30.1 Å². The molecule has 1 aliphatic heterocycles. The van der Waals surface area contributed by atoms with Crippen LogP contribution in [0.5, 0.6) is 0 Å². The molecule has 1 fully saturated rings. The van der Waals surface area contributed by atoms with Crippen LogP contribution in [-0.4, -0.2) is 70.5 Å². The normalized spacial score (nSPS) is 15.6. The lowest BCUT2D eigenvalue weighted by atomic mass is 10.3. The average molecular weight is 356 g/mol. The van der Waals surface area contributed by atoms with E-state index in [0.717, 1.165) is 62.1 Å². The van der Waals surface area contributed by atoms with E-state index >= 15 is 0 Å². The molecule has 1 N–H and O–H groups in total. The van der Waals surface area contributed by atoms with Crippen molar-refractivity contribution in [2.45, 2.75) is 27.3 Å². The molecule has 0 atom stereocenters. The van der Waals surface area contributed by atoms with E-state index in [1.54, 1.807) is 6.92 Å². The minimum atomic E-state index is 0.147. The fraction of sp³-hybridized carbons (Fsp3) is 0.526. The summed E-state index contributed by atoms with van der Waals surface area (Å²) in [7, 11) is 0. The van der Waals surface area contributed by atoms with Gasteiger partial charge in [0.05, 0.1) is 17.6 Å². The number of amides is 1. The van der Waals surface area contributed by atoms with Crippen molar-refractivity contribution >= 4 is 22.9 Å². The number of guanidine groups is 1. The smallest absolute Gasteiger partial charge is 0.219 e. The van der Waals surface area contributed by atoms with Crippen molar-refractivity contribution in [3.63, 3.8) is 0 Å². The zero-order chi connectivity index (χ0) is 18.5. The molecule has 2 aromatic rings. The van der Waals surface area contributed by atoms with Crippen LogP contribution in [0.15, 0.2) is 29.3 Å². The van der Waals surface area contributed by atoms with Gasteiger partial charge in [-0.2, -0.15) is 0 Å². The van der Waals surface area contributed by atoms with Crippen LogP contribution in [-0.2, 0) is 11.3 Å². The molecule has 0 unspecified atom stereocenters. The number of fused-ring (bicyclic) bond motifs is 1. The Morgan fingerprint density at radius 2 is 1.88 bits per heavy atom. The molecule has 1 aromatic carbocycles. The third-order valence-corrected chi connectivity index (χ3v) is 4.79. The molecule has 0 spiro atoms. The van der Waals surface area contributed by atoms with Gasteiger partial charge in [-0.3, -0.25) is 9.79 Å². The third-order valence-electron chi connectivity index (χ3n) is 4.79. The first-order valence-electron chi connectivity index (χ1n) is 9.30. The minimum Gasteiger partial charge on any atom is -0.357 e. The Balaban J connectivity index is 1.66. The standard InChI is InChI=1S/C19H28N6O/c1-4-20-19(24-13-11-23(12-14-24)16(3)26)21-9-10-25-15(2)22-17-7-5-6-8-18(17)25/h5-8H,4,9-14H2,1-3H3,(H,20,21). The zero-order valence-corrected chi connectivity index (χ0v) is 15.9. The molecule has 0 radical (unpaired) electrons. The number of aromatic nitrogens is 2. The highest BCUT2D eigenvalue weighted by Gasteiger charge is 2.20. The van der Waals surface area contributed by atoms with Crippen LogP contribution in [0.3, 0.4) is 0 Å². The number of hydrogen-bond donors (Lipinski definition) is 1. The molecular formula is C19H28N6O. The summed E-state index contributed by atoms with van der Waals surface area (Å²) in [6.07, 6.45) is 0. The summed E-state index contributed by atoms with van der Waals surface area (Å²) in [5.74, 6) is 2.09. The van der Waals surface area contributed by atoms with Gasteiger partial charge >= 0.3 is 0 Å². The number of benzene rings is 1. The number of para-hydroxylation sites is 2. The number of imidazole rings is 1. The fourth-order valence-electron chi connectivity index (χ4n) is 3.39. The Bertz CT molecular complexity index is 788. The van der Waals surface area contributed by atoms with Crippen LogP contribution in [0.25, 0.3) is 11.0 Å². The summed E-state index contributed by atoms with van der Waals surface area (Å²) in [6, 6.07) is 8.20. The van der Waals surface area contributed by atoms with E-state index in [1.165, 1.54) is 0 Å². The molecule has 7 nitrogen and oxygen atoms in total. The molecule has 140 valence electrons. The molecule has 1 saturated heterocycles. The number of aliphatic imine (C=N–C) groups is 1. The average Bonchev–Trinajstić information content (AvgIpc) is 2.96. The molecule has 1 aromatic heterocycles. The van der Waals surface area contributed by atoms with Gasteiger partial charge in [0.15, 0.2) is 5.96 Å². The van der Waals surface area contributed by atoms with Gasteiger partial charge in [-0.05, 0) is 26.0 Å². The molecule has 2 heterocycles. The summed E-state index contributed by atoms with van der Waals surface area (Å²) < 4.78 is 2.22. The van der Waals surface area contributed by atoms with E-state index in [4.69, 9.17) is 4.99 Å². The minimum absolute atomic E-state index is 0.147. The highest BCUT2D eigenvalue weighted by molar-refractivity contribution is 5.80. The molecule has 1 aliphatic rings. The van der Waals surface area contributed by atoms with Gasteiger partial charge in [-0.1, -0.05) is 12.1 Å². The monoisotopic (exact) mass is 356 g/mol. The number of nitrogens with zero attached hydrogens (tertiary/aromatic N) is 5. The van der Waals surface area contributed by atoms with E-state index in [1.807, 2.05) is 30.0 Å². The van der Waals surface area contributed by atoms with E-state index in [-0.39, 0.29) is 5.91 Å². The van der Waals surface area contributed by atoms with E-state index in [0.29, 0.717) is 6.54 Å². The third kappa shape index (κ3) is 3.98. The summed E-state index contributed by atoms with van der Waals surface area (Å²) in [4.78, 5) is 25.0. The van der Waals surface area contributed by atoms with Gasteiger partial charge in [0, 0.05) is 46.2 Å². The first kappa shape index (κ1) is 18.2. The van der Waals surface area contributed by atoms with Gasteiger partial charge in [0.2, 0.25) is 5.91 Å². The molecule has 1 amide bonds. The molecule has 7 heteroatoms. The van der Waals surface area contributed by atoms with Gasteiger partial charge in [-0.25, -0.2) is 4.98 Å². The lowest BCUT2D eigenvalue weighted by Crippen LogP contribution is -2.53. The van der Waals surface area contributed by atoms with Crippen molar-refractivity contribution in [1.29, 1.82) is 0 Å². The molecule has 0 aliphatic carbocycles. The molecule has 0 bridgehead atoms. The van der Waals surface area contributed by atoms with Crippen LogP contribution in [0.2, 0.25) is 0 Å². The number of aryl methyl sites for hydroxylation is 1. The SMILES string of the molecule is CCNC(=NCCn1c(C)nc2ccccc21)N1CCN(C(C)=O)CC1. The quantitative estimate of drug-likeness (QED) is 0.666. The predicted octanol–water partition coefficient (Wildman–Crippen LogP) is 1.47. The van der Waals surface area contributed by atoms with Crippen molar-refractivity contribution in [3.8, 4) is 0 Å². The first-order valence-corrected chi connectivity index (χ1v) is 9.30. The lowest BCUT2D eigenvalue weighted by Gasteiger charge is -2.36. The summed E-state index contributed by atoms with van der Waals surface area (Å²) in [6.45, 7) is 11.2. The largest absolute Gasteiger partial charge is 0.357 e. The van der Waals surface area contributed by atoms with E-state index < -0.39 is 0 Å². The predicted molar refractivity (Wildman–Crippen MR) is 104 cm³/mol.